The Hall–Kier alpha value is -2.18. The molecular formula is C36H61N2O4+. The van der Waals surface area contributed by atoms with Gasteiger partial charge in [-0.2, -0.15) is 0 Å². The highest BCUT2D eigenvalue weighted by Crippen LogP contribution is 2.15. The number of hydrogen-bond donors (Lipinski definition) is 1. The molecule has 3 unspecified atom stereocenters. The number of carbonyl (C=O) groups excluding carboxylic acids is 1. The molecule has 0 aliphatic rings. The number of aryl methyl sites for hydroxylation is 1. The third kappa shape index (κ3) is 15.9. The van der Waals surface area contributed by atoms with E-state index >= 15 is 0 Å². The summed E-state index contributed by atoms with van der Waals surface area (Å²) in [6.45, 7) is 7.69. The van der Waals surface area contributed by atoms with Crippen molar-refractivity contribution in [1.82, 2.24) is 5.32 Å². The van der Waals surface area contributed by atoms with Crippen LogP contribution in [0.5, 0.6) is 0 Å². The summed E-state index contributed by atoms with van der Waals surface area (Å²) in [4.78, 5) is 12.7. The molecule has 0 aliphatic heterocycles. The monoisotopic (exact) mass is 585 g/mol. The predicted octanol–water partition coefficient (Wildman–Crippen LogP) is 9.27. The van der Waals surface area contributed by atoms with Crippen LogP contribution in [0.3, 0.4) is 0 Å². The molecule has 6 heteroatoms. The standard InChI is InChI=1S/C36H60N2O4/c1-5-7-8-9-10-11-12-13-14-15-16-17-18-25-34(6-2)37-36(39)42-35(31(3)40-4)41-29-22-21-27-38-28-26-32-23-19-20-24-33(32)30-38/h19-20,23-24,26,28,30-31,34-35H,5-18,21-22,25,27,29H2,1-4H3/p+1. The Balaban J connectivity index is 1.56. The van der Waals surface area contributed by atoms with Crippen molar-refractivity contribution >= 4 is 16.9 Å². The van der Waals surface area contributed by atoms with Gasteiger partial charge in [0, 0.05) is 31.0 Å². The van der Waals surface area contributed by atoms with Crippen LogP contribution in [0.25, 0.3) is 10.8 Å². The summed E-state index contributed by atoms with van der Waals surface area (Å²) < 4.78 is 19.3. The maximum atomic E-state index is 12.7. The number of nitrogens with one attached hydrogen (secondary N) is 1. The minimum absolute atomic E-state index is 0.127. The SMILES string of the molecule is CCCCCCCCCCCCCCCC(CC)NC(=O)OC(OCCCC[n+]1ccc2ccccc2c1)C(C)OC. The molecule has 2 rings (SSSR count). The van der Waals surface area contributed by atoms with E-state index in [1.807, 2.05) is 6.92 Å². The number of nitrogens with zero attached hydrogens (tertiary/aromatic N) is 1. The number of carbonyl (C=O) groups is 1. The number of unbranched alkanes of at least 4 members (excludes halogenated alkanes) is 13. The summed E-state index contributed by atoms with van der Waals surface area (Å²) in [5.41, 5.74) is 0. The Kier molecular flexibility index (Phi) is 20.0. The topological polar surface area (TPSA) is 60.7 Å². The van der Waals surface area contributed by atoms with Crippen molar-refractivity contribution in [2.45, 2.75) is 155 Å². The van der Waals surface area contributed by atoms with Gasteiger partial charge in [-0.15, -0.1) is 0 Å². The fraction of sp³-hybridized carbons (Fsp3) is 0.722. The molecule has 0 saturated heterocycles. The molecule has 1 aromatic heterocycles. The van der Waals surface area contributed by atoms with Crippen molar-refractivity contribution in [3.8, 4) is 0 Å². The maximum absolute atomic E-state index is 12.7. The van der Waals surface area contributed by atoms with E-state index in [0.717, 1.165) is 38.6 Å². The third-order valence-corrected chi connectivity index (χ3v) is 8.29. The van der Waals surface area contributed by atoms with Gasteiger partial charge in [0.1, 0.15) is 12.6 Å². The number of pyridine rings is 1. The van der Waals surface area contributed by atoms with Crippen LogP contribution in [-0.4, -0.2) is 38.2 Å². The van der Waals surface area contributed by atoms with Crippen molar-refractivity contribution in [3.63, 3.8) is 0 Å². The zero-order valence-electron chi connectivity index (χ0n) is 27.3. The third-order valence-electron chi connectivity index (χ3n) is 8.29. The Morgan fingerprint density at radius 1 is 0.810 bits per heavy atom. The number of hydrogen-bond acceptors (Lipinski definition) is 4. The van der Waals surface area contributed by atoms with Crippen LogP contribution >= 0.6 is 0 Å². The van der Waals surface area contributed by atoms with Gasteiger partial charge in [-0.25, -0.2) is 9.36 Å². The van der Waals surface area contributed by atoms with Gasteiger partial charge in [0.25, 0.3) is 0 Å². The van der Waals surface area contributed by atoms with Crippen LogP contribution in [0.1, 0.15) is 130 Å². The van der Waals surface area contributed by atoms with Gasteiger partial charge in [0.2, 0.25) is 6.29 Å². The molecule has 1 aromatic carbocycles. The van der Waals surface area contributed by atoms with E-state index in [1.165, 1.54) is 87.8 Å². The van der Waals surface area contributed by atoms with Crippen LogP contribution in [0.2, 0.25) is 0 Å². The Morgan fingerprint density at radius 3 is 2.05 bits per heavy atom. The fourth-order valence-electron chi connectivity index (χ4n) is 5.38. The van der Waals surface area contributed by atoms with Gasteiger partial charge in [-0.05, 0) is 37.6 Å². The lowest BCUT2D eigenvalue weighted by Crippen LogP contribution is -2.41. The Bertz CT molecular complexity index is 953. The Morgan fingerprint density at radius 2 is 1.43 bits per heavy atom. The van der Waals surface area contributed by atoms with Crippen LogP contribution in [0.4, 0.5) is 4.79 Å². The lowest BCUT2D eigenvalue weighted by molar-refractivity contribution is -0.696. The molecule has 238 valence electrons. The van der Waals surface area contributed by atoms with Gasteiger partial charge < -0.3 is 19.5 Å². The van der Waals surface area contributed by atoms with Crippen molar-refractivity contribution in [3.05, 3.63) is 42.7 Å². The largest absolute Gasteiger partial charge is 0.417 e. The van der Waals surface area contributed by atoms with Gasteiger partial charge in [0.15, 0.2) is 12.4 Å². The zero-order valence-corrected chi connectivity index (χ0v) is 27.3. The van der Waals surface area contributed by atoms with E-state index < -0.39 is 12.4 Å². The minimum atomic E-state index is -0.725. The molecule has 1 amide bonds. The molecule has 0 bridgehead atoms. The lowest BCUT2D eigenvalue weighted by Gasteiger charge is -2.25. The number of ether oxygens (including phenoxy) is 3. The Labute approximate surface area is 256 Å². The minimum Gasteiger partial charge on any atom is -0.417 e. The van der Waals surface area contributed by atoms with E-state index in [2.05, 4.69) is 66.5 Å². The predicted molar refractivity (Wildman–Crippen MR) is 174 cm³/mol. The smallest absolute Gasteiger partial charge is 0.409 e. The molecule has 0 radical (unpaired) electrons. The number of alkyl carbamates (subject to hydrolysis) is 1. The molecule has 2 aromatic rings. The summed E-state index contributed by atoms with van der Waals surface area (Å²) in [6, 6.07) is 10.7. The van der Waals surface area contributed by atoms with Crippen LogP contribution in [0, 0.1) is 0 Å². The first-order chi connectivity index (χ1) is 20.6. The van der Waals surface area contributed by atoms with Crippen molar-refractivity contribution in [1.29, 1.82) is 0 Å². The van der Waals surface area contributed by atoms with E-state index in [0.29, 0.717) is 6.61 Å². The van der Waals surface area contributed by atoms with Crippen molar-refractivity contribution < 1.29 is 23.6 Å². The summed E-state index contributed by atoms with van der Waals surface area (Å²) in [5, 5.41) is 5.55. The van der Waals surface area contributed by atoms with E-state index in [1.54, 1.807) is 7.11 Å². The molecule has 42 heavy (non-hydrogen) atoms. The summed E-state index contributed by atoms with van der Waals surface area (Å²) >= 11 is 0. The average molecular weight is 586 g/mol. The molecule has 6 nitrogen and oxygen atoms in total. The van der Waals surface area contributed by atoms with Crippen molar-refractivity contribution in [2.75, 3.05) is 13.7 Å². The zero-order chi connectivity index (χ0) is 30.3. The van der Waals surface area contributed by atoms with Gasteiger partial charge in [0.05, 0.1) is 6.61 Å². The number of amides is 1. The highest BCUT2D eigenvalue weighted by molar-refractivity contribution is 5.80. The van der Waals surface area contributed by atoms with Crippen LogP contribution < -0.4 is 9.88 Å². The summed E-state index contributed by atoms with van der Waals surface area (Å²) in [7, 11) is 1.61. The van der Waals surface area contributed by atoms with E-state index in [9.17, 15) is 4.79 Å². The summed E-state index contributed by atoms with van der Waals surface area (Å²) in [5.74, 6) is 0. The normalized spacial score (nSPS) is 13.6. The molecule has 0 fully saturated rings. The first kappa shape index (κ1) is 36.0. The first-order valence-electron chi connectivity index (χ1n) is 17.1. The molecule has 0 spiro atoms. The highest BCUT2D eigenvalue weighted by atomic mass is 16.7. The maximum Gasteiger partial charge on any atom is 0.409 e. The second-order valence-corrected chi connectivity index (χ2v) is 11.9. The second-order valence-electron chi connectivity index (χ2n) is 11.9. The van der Waals surface area contributed by atoms with Gasteiger partial charge in [-0.3, -0.25) is 0 Å². The highest BCUT2D eigenvalue weighted by Gasteiger charge is 2.23. The lowest BCUT2D eigenvalue weighted by atomic mass is 10.0. The van der Waals surface area contributed by atoms with Crippen molar-refractivity contribution in [2.24, 2.45) is 0 Å². The molecule has 1 N–H and O–H groups in total. The fourth-order valence-corrected chi connectivity index (χ4v) is 5.38. The molecule has 0 saturated carbocycles. The summed E-state index contributed by atoms with van der Waals surface area (Å²) in [6.07, 6.45) is 24.0. The molecule has 0 aliphatic carbocycles. The molecule has 3 atom stereocenters. The molecule has 1 heterocycles. The van der Waals surface area contributed by atoms with E-state index in [-0.39, 0.29) is 12.1 Å². The number of fused-ring (bicyclic) bond motifs is 1. The van der Waals surface area contributed by atoms with Crippen LogP contribution in [-0.2, 0) is 20.8 Å². The first-order valence-corrected chi connectivity index (χ1v) is 17.1. The number of rotatable bonds is 25. The van der Waals surface area contributed by atoms with Gasteiger partial charge in [-0.1, -0.05) is 116 Å². The number of benzene rings is 1. The molecular weight excluding hydrogens is 524 g/mol. The quantitative estimate of drug-likeness (QED) is 0.0717. The van der Waals surface area contributed by atoms with E-state index in [4.69, 9.17) is 14.2 Å². The van der Waals surface area contributed by atoms with Gasteiger partial charge >= 0.3 is 6.09 Å². The number of methoxy groups -OCH3 is 1. The number of aromatic nitrogens is 1. The second kappa shape index (κ2) is 23.3. The average Bonchev–Trinajstić information content (AvgIpc) is 3.01. The van der Waals surface area contributed by atoms with Crippen LogP contribution in [0.15, 0.2) is 42.7 Å².